The van der Waals surface area contributed by atoms with Gasteiger partial charge in [-0.3, -0.25) is 4.79 Å². The summed E-state index contributed by atoms with van der Waals surface area (Å²) in [7, 11) is 1.54. The minimum absolute atomic E-state index is 0.0222. The monoisotopic (exact) mass is 324 g/mol. The quantitative estimate of drug-likeness (QED) is 0.398. The smallest absolute Gasteiger partial charge is 0.409 e. The topological polar surface area (TPSA) is 104 Å². The molecular weight excluding hydrogens is 300 g/mol. The highest BCUT2D eigenvalue weighted by Gasteiger charge is 2.23. The van der Waals surface area contributed by atoms with Crippen molar-refractivity contribution in [3.05, 3.63) is 11.8 Å². The Morgan fingerprint density at radius 2 is 2.09 bits per heavy atom. The maximum absolute atomic E-state index is 11.8. The predicted molar refractivity (Wildman–Crippen MR) is 83.3 cm³/mol. The molecule has 2 amide bonds. The van der Waals surface area contributed by atoms with E-state index in [4.69, 9.17) is 14.7 Å². The largest absolute Gasteiger partial charge is 0.450 e. The van der Waals surface area contributed by atoms with Gasteiger partial charge in [-0.2, -0.15) is 5.26 Å². The third-order valence-corrected chi connectivity index (χ3v) is 3.44. The van der Waals surface area contributed by atoms with Crippen LogP contribution in [0.25, 0.3) is 0 Å². The van der Waals surface area contributed by atoms with E-state index in [1.165, 1.54) is 13.3 Å². The molecule has 0 aliphatic carbocycles. The number of methoxy groups -OCH3 is 1. The van der Waals surface area contributed by atoms with Crippen molar-refractivity contribution in [1.29, 1.82) is 5.26 Å². The van der Waals surface area contributed by atoms with Crippen LogP contribution in [0.1, 0.15) is 19.8 Å². The van der Waals surface area contributed by atoms with Crippen molar-refractivity contribution in [1.82, 2.24) is 15.5 Å². The van der Waals surface area contributed by atoms with Crippen molar-refractivity contribution in [3.63, 3.8) is 0 Å². The molecule has 1 aliphatic rings. The Hall–Kier alpha value is -2.27. The lowest BCUT2D eigenvalue weighted by molar-refractivity contribution is -0.117. The predicted octanol–water partition coefficient (Wildman–Crippen LogP) is 0.367. The molecule has 23 heavy (non-hydrogen) atoms. The van der Waals surface area contributed by atoms with Crippen molar-refractivity contribution in [2.75, 3.05) is 40.0 Å². The number of hydrogen-bond donors (Lipinski definition) is 2. The average molecular weight is 324 g/mol. The number of nitrogens with one attached hydrogen (secondary N) is 2. The van der Waals surface area contributed by atoms with Gasteiger partial charge in [0.1, 0.15) is 11.6 Å². The van der Waals surface area contributed by atoms with E-state index < -0.39 is 5.91 Å². The van der Waals surface area contributed by atoms with Crippen LogP contribution in [0.3, 0.4) is 0 Å². The van der Waals surface area contributed by atoms with E-state index in [-0.39, 0.29) is 17.7 Å². The standard InChI is InChI=1S/C15H24N4O4/c1-3-23-15(21)19-7-4-13(5-8-19)18-11-12(10-16)14(20)17-6-9-22-2/h11,13,18H,3-9H2,1-2H3,(H,17,20)/b12-11-. The summed E-state index contributed by atoms with van der Waals surface area (Å²) in [4.78, 5) is 25.0. The van der Waals surface area contributed by atoms with Gasteiger partial charge in [-0.15, -0.1) is 0 Å². The number of carbonyl (C=O) groups is 2. The van der Waals surface area contributed by atoms with Crippen molar-refractivity contribution in [3.8, 4) is 6.07 Å². The van der Waals surface area contributed by atoms with Crippen LogP contribution >= 0.6 is 0 Å². The first-order chi connectivity index (χ1) is 11.1. The molecule has 8 nitrogen and oxygen atoms in total. The molecule has 8 heteroatoms. The highest BCUT2D eigenvalue weighted by Crippen LogP contribution is 2.11. The first kappa shape index (κ1) is 18.8. The molecule has 0 atom stereocenters. The summed E-state index contributed by atoms with van der Waals surface area (Å²) in [6, 6.07) is 1.99. The van der Waals surface area contributed by atoms with Gasteiger partial charge in [0.05, 0.1) is 13.2 Å². The van der Waals surface area contributed by atoms with E-state index in [9.17, 15) is 9.59 Å². The number of nitrogens with zero attached hydrogens (tertiary/aromatic N) is 2. The van der Waals surface area contributed by atoms with Gasteiger partial charge in [0.25, 0.3) is 5.91 Å². The van der Waals surface area contributed by atoms with Crippen LogP contribution in [-0.4, -0.2) is 62.9 Å². The summed E-state index contributed by atoms with van der Waals surface area (Å²) >= 11 is 0. The number of nitriles is 1. The van der Waals surface area contributed by atoms with Gasteiger partial charge < -0.3 is 25.0 Å². The lowest BCUT2D eigenvalue weighted by atomic mass is 10.1. The second-order valence-electron chi connectivity index (χ2n) is 5.05. The molecule has 0 radical (unpaired) electrons. The van der Waals surface area contributed by atoms with E-state index in [0.29, 0.717) is 32.8 Å². The molecule has 0 saturated carbocycles. The second-order valence-corrected chi connectivity index (χ2v) is 5.05. The minimum atomic E-state index is -0.430. The van der Waals surface area contributed by atoms with E-state index in [2.05, 4.69) is 10.6 Å². The summed E-state index contributed by atoms with van der Waals surface area (Å²) in [5, 5.41) is 14.7. The molecule has 0 spiro atoms. The number of ether oxygens (including phenoxy) is 2. The Morgan fingerprint density at radius 1 is 1.39 bits per heavy atom. The third-order valence-electron chi connectivity index (χ3n) is 3.44. The molecule has 1 fully saturated rings. The molecule has 128 valence electrons. The number of likely N-dealkylation sites (tertiary alicyclic amines) is 1. The highest BCUT2D eigenvalue weighted by atomic mass is 16.6. The zero-order valence-corrected chi connectivity index (χ0v) is 13.6. The molecule has 0 aromatic heterocycles. The first-order valence-corrected chi connectivity index (χ1v) is 7.67. The molecule has 1 saturated heterocycles. The SMILES string of the molecule is CCOC(=O)N1CCC(N/C=C(/C#N)C(=O)NCCOC)CC1. The normalized spacial score (nSPS) is 15.7. The van der Waals surface area contributed by atoms with Crippen LogP contribution in [0.15, 0.2) is 11.8 Å². The van der Waals surface area contributed by atoms with Crippen molar-refractivity contribution in [2.24, 2.45) is 0 Å². The zero-order valence-electron chi connectivity index (χ0n) is 13.6. The Labute approximate surface area is 136 Å². The Kier molecular flexibility index (Phi) is 8.54. The van der Waals surface area contributed by atoms with Gasteiger partial charge in [0, 0.05) is 39.0 Å². The number of hydrogen-bond acceptors (Lipinski definition) is 6. The molecule has 1 rings (SSSR count). The minimum Gasteiger partial charge on any atom is -0.450 e. The fraction of sp³-hybridized carbons (Fsp3) is 0.667. The number of rotatable bonds is 7. The maximum atomic E-state index is 11.8. The number of piperidine rings is 1. The van der Waals surface area contributed by atoms with Gasteiger partial charge in [0.15, 0.2) is 0 Å². The van der Waals surface area contributed by atoms with Gasteiger partial charge in [0.2, 0.25) is 0 Å². The van der Waals surface area contributed by atoms with Gasteiger partial charge in [-0.05, 0) is 19.8 Å². The van der Waals surface area contributed by atoms with Crippen molar-refractivity contribution in [2.45, 2.75) is 25.8 Å². The molecule has 1 heterocycles. The van der Waals surface area contributed by atoms with Crippen LogP contribution in [0.2, 0.25) is 0 Å². The van der Waals surface area contributed by atoms with Crippen LogP contribution in [0.4, 0.5) is 4.79 Å². The van der Waals surface area contributed by atoms with Gasteiger partial charge in [-0.1, -0.05) is 0 Å². The van der Waals surface area contributed by atoms with E-state index >= 15 is 0 Å². The summed E-state index contributed by atoms with van der Waals surface area (Å²) in [5.74, 6) is -0.430. The van der Waals surface area contributed by atoms with Crippen molar-refractivity contribution < 1.29 is 19.1 Å². The summed E-state index contributed by atoms with van der Waals surface area (Å²) in [6.45, 7) is 4.07. The average Bonchev–Trinajstić information content (AvgIpc) is 2.56. The first-order valence-electron chi connectivity index (χ1n) is 7.67. The maximum Gasteiger partial charge on any atom is 0.409 e. The lowest BCUT2D eigenvalue weighted by Crippen LogP contribution is -2.44. The van der Waals surface area contributed by atoms with Crippen LogP contribution in [0, 0.1) is 11.3 Å². The molecule has 0 aromatic carbocycles. The summed E-state index contributed by atoms with van der Waals surface area (Å²) in [6.07, 6.45) is 2.61. The fourth-order valence-corrected chi connectivity index (χ4v) is 2.16. The highest BCUT2D eigenvalue weighted by molar-refractivity contribution is 5.97. The van der Waals surface area contributed by atoms with Crippen LogP contribution in [0.5, 0.6) is 0 Å². The second kappa shape index (κ2) is 10.5. The van der Waals surface area contributed by atoms with Crippen molar-refractivity contribution >= 4 is 12.0 Å². The van der Waals surface area contributed by atoms with Crippen LogP contribution in [-0.2, 0) is 14.3 Å². The molecule has 2 N–H and O–H groups in total. The van der Waals surface area contributed by atoms with Crippen LogP contribution < -0.4 is 10.6 Å². The number of carbonyl (C=O) groups excluding carboxylic acids is 2. The van der Waals surface area contributed by atoms with E-state index in [1.807, 2.05) is 6.07 Å². The van der Waals surface area contributed by atoms with E-state index in [1.54, 1.807) is 11.8 Å². The third kappa shape index (κ3) is 6.57. The molecule has 0 bridgehead atoms. The summed E-state index contributed by atoms with van der Waals surface area (Å²) < 4.78 is 9.79. The Bertz CT molecular complexity index is 465. The lowest BCUT2D eigenvalue weighted by Gasteiger charge is -2.31. The van der Waals surface area contributed by atoms with E-state index in [0.717, 1.165) is 12.8 Å². The number of amides is 2. The fourth-order valence-electron chi connectivity index (χ4n) is 2.16. The van der Waals surface area contributed by atoms with Gasteiger partial charge in [-0.25, -0.2) is 4.79 Å². The zero-order chi connectivity index (χ0) is 17.1. The molecule has 0 aromatic rings. The Morgan fingerprint density at radius 3 is 2.65 bits per heavy atom. The van der Waals surface area contributed by atoms with Gasteiger partial charge >= 0.3 is 6.09 Å². The molecular formula is C15H24N4O4. The molecule has 1 aliphatic heterocycles. The molecule has 0 unspecified atom stereocenters. The summed E-state index contributed by atoms with van der Waals surface area (Å²) in [5.41, 5.74) is 0.0222. The Balaban J connectivity index is 2.40.